The molecule has 0 amide bonds. The number of fused-ring (bicyclic) bond motifs is 1. The van der Waals surface area contributed by atoms with Gasteiger partial charge in [0.2, 0.25) is 0 Å². The van der Waals surface area contributed by atoms with Crippen LogP contribution in [-0.4, -0.2) is 25.7 Å². The Balaban J connectivity index is 1.81. The molecule has 0 fully saturated rings. The van der Waals surface area contributed by atoms with Gasteiger partial charge in [0.15, 0.2) is 0 Å². The number of carbonyl (C=O) groups excluding carboxylic acids is 1. The van der Waals surface area contributed by atoms with E-state index in [1.165, 1.54) is 11.1 Å². The molecular weight excluding hydrogens is 218 g/mol. The smallest absolute Gasteiger partial charge is 0.319 e. The number of hydrogen-bond donors (Lipinski definition) is 1. The molecule has 0 saturated carbocycles. The average Bonchev–Trinajstić information content (AvgIpc) is 2.76. The van der Waals surface area contributed by atoms with E-state index in [0.29, 0.717) is 13.2 Å². The molecule has 1 N–H and O–H groups in total. The predicted octanol–water partition coefficient (Wildman–Crippen LogP) is 1.27. The van der Waals surface area contributed by atoms with Crippen molar-refractivity contribution in [2.75, 3.05) is 19.8 Å². The lowest BCUT2D eigenvalue weighted by molar-refractivity contribution is -0.142. The summed E-state index contributed by atoms with van der Waals surface area (Å²) in [6, 6.07) is 6.13. The number of ether oxygens (including phenoxy) is 2. The minimum Gasteiger partial charge on any atom is -0.493 e. The van der Waals surface area contributed by atoms with Crippen LogP contribution in [-0.2, 0) is 22.5 Å². The summed E-state index contributed by atoms with van der Waals surface area (Å²) in [6.45, 7) is 3.93. The monoisotopic (exact) mass is 235 g/mol. The molecule has 4 heteroatoms. The molecule has 0 saturated heterocycles. The van der Waals surface area contributed by atoms with Gasteiger partial charge in [-0.1, -0.05) is 12.1 Å². The molecule has 1 aromatic rings. The van der Waals surface area contributed by atoms with Gasteiger partial charge in [-0.15, -0.1) is 0 Å². The maximum Gasteiger partial charge on any atom is 0.319 e. The van der Waals surface area contributed by atoms with Gasteiger partial charge in [-0.05, 0) is 24.1 Å². The molecule has 0 atom stereocenters. The number of benzene rings is 1. The molecule has 0 spiro atoms. The van der Waals surface area contributed by atoms with E-state index >= 15 is 0 Å². The highest BCUT2D eigenvalue weighted by Gasteiger charge is 2.11. The predicted molar refractivity (Wildman–Crippen MR) is 64.0 cm³/mol. The summed E-state index contributed by atoms with van der Waals surface area (Å²) < 4.78 is 10.3. The number of carbonyl (C=O) groups is 1. The van der Waals surface area contributed by atoms with Gasteiger partial charge in [0, 0.05) is 13.0 Å². The summed E-state index contributed by atoms with van der Waals surface area (Å²) in [5, 5.41) is 3.06. The molecule has 0 bridgehead atoms. The Hall–Kier alpha value is -1.55. The second kappa shape index (κ2) is 5.68. The highest BCUT2D eigenvalue weighted by molar-refractivity contribution is 5.71. The molecule has 0 radical (unpaired) electrons. The molecule has 92 valence electrons. The van der Waals surface area contributed by atoms with Crippen molar-refractivity contribution >= 4 is 5.97 Å². The van der Waals surface area contributed by atoms with Gasteiger partial charge in [0.1, 0.15) is 5.75 Å². The Morgan fingerprint density at radius 3 is 3.24 bits per heavy atom. The molecule has 0 aliphatic carbocycles. The molecule has 0 unspecified atom stereocenters. The van der Waals surface area contributed by atoms with Crippen molar-refractivity contribution in [2.24, 2.45) is 0 Å². The molecule has 1 aromatic carbocycles. The molecule has 4 nitrogen and oxygen atoms in total. The van der Waals surface area contributed by atoms with E-state index in [1.54, 1.807) is 6.92 Å². The first-order valence-electron chi connectivity index (χ1n) is 5.90. The van der Waals surface area contributed by atoms with Gasteiger partial charge >= 0.3 is 5.97 Å². The summed E-state index contributed by atoms with van der Waals surface area (Å²) in [7, 11) is 0. The zero-order valence-electron chi connectivity index (χ0n) is 9.99. The van der Waals surface area contributed by atoms with E-state index in [9.17, 15) is 4.79 Å². The first-order chi connectivity index (χ1) is 8.29. The fourth-order valence-corrected chi connectivity index (χ4v) is 1.87. The van der Waals surface area contributed by atoms with Crippen LogP contribution in [0.5, 0.6) is 5.75 Å². The molecule has 1 aliphatic rings. The molecule has 1 aliphatic heterocycles. The van der Waals surface area contributed by atoms with Gasteiger partial charge < -0.3 is 14.8 Å². The second-order valence-corrected chi connectivity index (χ2v) is 3.95. The number of hydrogen-bond acceptors (Lipinski definition) is 4. The van der Waals surface area contributed by atoms with Crippen molar-refractivity contribution in [3.8, 4) is 5.75 Å². The quantitative estimate of drug-likeness (QED) is 0.781. The van der Waals surface area contributed by atoms with Gasteiger partial charge in [0.05, 0.1) is 19.8 Å². The van der Waals surface area contributed by atoms with E-state index in [0.717, 1.165) is 18.8 Å². The Bertz CT molecular complexity index is 404. The molecule has 17 heavy (non-hydrogen) atoms. The Kier molecular flexibility index (Phi) is 3.98. The Morgan fingerprint density at radius 2 is 2.41 bits per heavy atom. The van der Waals surface area contributed by atoms with Crippen LogP contribution in [0, 0.1) is 0 Å². The minimum absolute atomic E-state index is 0.211. The summed E-state index contributed by atoms with van der Waals surface area (Å²) in [5.74, 6) is 0.774. The minimum atomic E-state index is -0.211. The molecule has 0 aromatic heterocycles. The SMILES string of the molecule is CCOC(=O)CNCc1ccc2c(c1)CCO2. The van der Waals surface area contributed by atoms with Gasteiger partial charge in [-0.2, -0.15) is 0 Å². The van der Waals surface area contributed by atoms with E-state index in [2.05, 4.69) is 11.4 Å². The lowest BCUT2D eigenvalue weighted by atomic mass is 10.1. The zero-order valence-corrected chi connectivity index (χ0v) is 9.99. The van der Waals surface area contributed by atoms with Crippen molar-refractivity contribution < 1.29 is 14.3 Å². The third-order valence-corrected chi connectivity index (χ3v) is 2.66. The fraction of sp³-hybridized carbons (Fsp3) is 0.462. The normalized spacial score (nSPS) is 13.0. The summed E-state index contributed by atoms with van der Waals surface area (Å²) in [4.78, 5) is 11.1. The van der Waals surface area contributed by atoms with Crippen LogP contribution in [0.25, 0.3) is 0 Å². The highest BCUT2D eigenvalue weighted by atomic mass is 16.5. The van der Waals surface area contributed by atoms with Crippen LogP contribution < -0.4 is 10.1 Å². The number of nitrogens with one attached hydrogen (secondary N) is 1. The Morgan fingerprint density at radius 1 is 1.53 bits per heavy atom. The number of rotatable bonds is 5. The van der Waals surface area contributed by atoms with E-state index in [-0.39, 0.29) is 12.5 Å². The standard InChI is InChI=1S/C13H17NO3/c1-2-16-13(15)9-14-8-10-3-4-12-11(7-10)5-6-17-12/h3-4,7,14H,2,5-6,8-9H2,1H3. The van der Waals surface area contributed by atoms with Crippen LogP contribution in [0.4, 0.5) is 0 Å². The van der Waals surface area contributed by atoms with Crippen LogP contribution in [0.15, 0.2) is 18.2 Å². The third-order valence-electron chi connectivity index (χ3n) is 2.66. The van der Waals surface area contributed by atoms with Gasteiger partial charge in [0.25, 0.3) is 0 Å². The lowest BCUT2D eigenvalue weighted by Gasteiger charge is -2.06. The van der Waals surface area contributed by atoms with Crippen molar-refractivity contribution in [2.45, 2.75) is 19.9 Å². The van der Waals surface area contributed by atoms with Gasteiger partial charge in [-0.3, -0.25) is 4.79 Å². The lowest BCUT2D eigenvalue weighted by Crippen LogP contribution is -2.24. The fourth-order valence-electron chi connectivity index (χ4n) is 1.87. The van der Waals surface area contributed by atoms with E-state index in [4.69, 9.17) is 9.47 Å². The molecule has 2 rings (SSSR count). The summed E-state index contributed by atoms with van der Waals surface area (Å²) >= 11 is 0. The zero-order chi connectivity index (χ0) is 12.1. The molecular formula is C13H17NO3. The second-order valence-electron chi connectivity index (χ2n) is 3.95. The van der Waals surface area contributed by atoms with Crippen LogP contribution in [0.2, 0.25) is 0 Å². The van der Waals surface area contributed by atoms with Crippen LogP contribution in [0.3, 0.4) is 0 Å². The van der Waals surface area contributed by atoms with Gasteiger partial charge in [-0.25, -0.2) is 0 Å². The van der Waals surface area contributed by atoms with E-state index < -0.39 is 0 Å². The summed E-state index contributed by atoms with van der Waals surface area (Å²) in [5.41, 5.74) is 2.42. The largest absolute Gasteiger partial charge is 0.493 e. The Labute approximate surface area is 101 Å². The number of esters is 1. The van der Waals surface area contributed by atoms with Crippen LogP contribution in [0.1, 0.15) is 18.1 Å². The third kappa shape index (κ3) is 3.20. The van der Waals surface area contributed by atoms with Crippen molar-refractivity contribution in [1.29, 1.82) is 0 Å². The van der Waals surface area contributed by atoms with E-state index in [1.807, 2.05) is 12.1 Å². The average molecular weight is 235 g/mol. The van der Waals surface area contributed by atoms with Crippen molar-refractivity contribution in [3.63, 3.8) is 0 Å². The first kappa shape index (κ1) is 11.9. The first-order valence-corrected chi connectivity index (χ1v) is 5.90. The maximum atomic E-state index is 11.1. The van der Waals surface area contributed by atoms with Crippen LogP contribution >= 0.6 is 0 Å². The molecule has 1 heterocycles. The van der Waals surface area contributed by atoms with Crippen molar-refractivity contribution in [3.05, 3.63) is 29.3 Å². The maximum absolute atomic E-state index is 11.1. The topological polar surface area (TPSA) is 47.6 Å². The van der Waals surface area contributed by atoms with Crippen molar-refractivity contribution in [1.82, 2.24) is 5.32 Å². The highest BCUT2D eigenvalue weighted by Crippen LogP contribution is 2.25. The summed E-state index contributed by atoms with van der Waals surface area (Å²) in [6.07, 6.45) is 0.973.